The Morgan fingerprint density at radius 1 is 1.12 bits per heavy atom. The van der Waals surface area contributed by atoms with E-state index in [1.165, 1.54) is 12.1 Å². The summed E-state index contributed by atoms with van der Waals surface area (Å²) >= 11 is 0. The molecular formula is C30H30F3N3O6S. The van der Waals surface area contributed by atoms with Crippen LogP contribution in [0.4, 0.5) is 18.9 Å². The summed E-state index contributed by atoms with van der Waals surface area (Å²) in [4.78, 5) is 16.1. The van der Waals surface area contributed by atoms with Crippen molar-refractivity contribution in [1.82, 2.24) is 4.31 Å². The van der Waals surface area contributed by atoms with Gasteiger partial charge in [0, 0.05) is 17.8 Å². The van der Waals surface area contributed by atoms with Crippen LogP contribution in [0.5, 0.6) is 5.75 Å². The molecule has 3 aromatic rings. The first-order valence-electron chi connectivity index (χ1n) is 13.5. The molecule has 5 rings (SSSR count). The van der Waals surface area contributed by atoms with Crippen LogP contribution in [0.25, 0.3) is 0 Å². The second kappa shape index (κ2) is 11.9. The van der Waals surface area contributed by atoms with Gasteiger partial charge in [0.05, 0.1) is 5.56 Å². The molecule has 0 aliphatic carbocycles. The van der Waals surface area contributed by atoms with E-state index in [1.54, 1.807) is 37.3 Å². The maximum atomic E-state index is 13.5. The minimum Gasteiger partial charge on any atom is -0.491 e. The SMILES string of the molecule is CC1(COc2ccc(CN(CC(=O)O)S(=O)(=O)C3CCc4ccccc4N3)cc2)COC(c2ccc(C(F)(F)F)cc2)=N1. The summed E-state index contributed by atoms with van der Waals surface area (Å²) in [6.45, 7) is 1.26. The van der Waals surface area contributed by atoms with Crippen LogP contribution in [0.15, 0.2) is 77.8 Å². The summed E-state index contributed by atoms with van der Waals surface area (Å²) in [5.41, 5.74) is 1.19. The molecule has 2 heterocycles. The molecule has 2 aliphatic heterocycles. The van der Waals surface area contributed by atoms with Gasteiger partial charge in [-0.3, -0.25) is 4.79 Å². The second-order valence-corrected chi connectivity index (χ2v) is 12.9. The van der Waals surface area contributed by atoms with E-state index in [9.17, 15) is 31.5 Å². The molecule has 0 fully saturated rings. The molecule has 228 valence electrons. The van der Waals surface area contributed by atoms with Gasteiger partial charge in [0.1, 0.15) is 36.4 Å². The molecule has 2 aliphatic rings. The quantitative estimate of drug-likeness (QED) is 0.332. The Kier molecular flexibility index (Phi) is 8.39. The summed E-state index contributed by atoms with van der Waals surface area (Å²) in [5, 5.41) is 11.5. The minimum absolute atomic E-state index is 0.116. The Bertz CT molecular complexity index is 1610. The van der Waals surface area contributed by atoms with E-state index in [0.29, 0.717) is 29.7 Å². The molecule has 2 N–H and O–H groups in total. The number of carboxylic acids is 1. The molecule has 0 saturated carbocycles. The van der Waals surface area contributed by atoms with Gasteiger partial charge < -0.3 is 19.9 Å². The maximum absolute atomic E-state index is 13.5. The fourth-order valence-corrected chi connectivity index (χ4v) is 6.56. The van der Waals surface area contributed by atoms with Crippen LogP contribution in [-0.2, 0) is 38.7 Å². The number of nitrogens with one attached hydrogen (secondary N) is 1. The van der Waals surface area contributed by atoms with E-state index in [0.717, 1.165) is 27.7 Å². The first-order valence-corrected chi connectivity index (χ1v) is 15.0. The second-order valence-electron chi connectivity index (χ2n) is 10.7. The van der Waals surface area contributed by atoms with Crippen molar-refractivity contribution in [2.45, 2.75) is 43.4 Å². The Hall–Kier alpha value is -4.10. The van der Waals surface area contributed by atoms with Crippen LogP contribution in [0.3, 0.4) is 0 Å². The zero-order valence-corrected chi connectivity index (χ0v) is 24.0. The summed E-state index contributed by atoms with van der Waals surface area (Å²) < 4.78 is 78.0. The Morgan fingerprint density at radius 3 is 2.49 bits per heavy atom. The molecule has 43 heavy (non-hydrogen) atoms. The average molecular weight is 618 g/mol. The fourth-order valence-electron chi connectivity index (χ4n) is 4.89. The summed E-state index contributed by atoms with van der Waals surface area (Å²) in [6, 6.07) is 18.6. The van der Waals surface area contributed by atoms with Gasteiger partial charge in [-0.1, -0.05) is 30.3 Å². The number of rotatable bonds is 10. The number of alkyl halides is 3. The van der Waals surface area contributed by atoms with Crippen molar-refractivity contribution in [3.8, 4) is 5.75 Å². The number of sulfonamides is 1. The number of aryl methyl sites for hydroxylation is 1. The lowest BCUT2D eigenvalue weighted by atomic mass is 10.0. The third kappa shape index (κ3) is 7.11. The highest BCUT2D eigenvalue weighted by molar-refractivity contribution is 7.89. The zero-order chi connectivity index (χ0) is 30.8. The smallest absolute Gasteiger partial charge is 0.416 e. The number of aliphatic carboxylic acids is 1. The molecule has 2 atom stereocenters. The topological polar surface area (TPSA) is 118 Å². The molecule has 2 unspecified atom stereocenters. The van der Waals surface area contributed by atoms with Crippen LogP contribution < -0.4 is 10.1 Å². The lowest BCUT2D eigenvalue weighted by Crippen LogP contribution is -2.45. The highest BCUT2D eigenvalue weighted by Gasteiger charge is 2.36. The molecule has 0 radical (unpaired) electrons. The average Bonchev–Trinajstić information content (AvgIpc) is 3.37. The van der Waals surface area contributed by atoms with Crippen LogP contribution in [0.2, 0.25) is 0 Å². The number of para-hydroxylation sites is 1. The molecule has 0 saturated heterocycles. The van der Waals surface area contributed by atoms with Gasteiger partial charge in [0.25, 0.3) is 0 Å². The largest absolute Gasteiger partial charge is 0.491 e. The Labute approximate surface area is 247 Å². The number of ether oxygens (including phenoxy) is 2. The zero-order valence-electron chi connectivity index (χ0n) is 23.2. The van der Waals surface area contributed by atoms with Crippen molar-refractivity contribution < 1.29 is 41.0 Å². The van der Waals surface area contributed by atoms with Crippen molar-refractivity contribution in [3.63, 3.8) is 0 Å². The van der Waals surface area contributed by atoms with E-state index in [1.807, 2.05) is 18.2 Å². The van der Waals surface area contributed by atoms with Crippen LogP contribution in [0, 0.1) is 0 Å². The van der Waals surface area contributed by atoms with Gasteiger partial charge >= 0.3 is 12.1 Å². The van der Waals surface area contributed by atoms with Crippen LogP contribution >= 0.6 is 0 Å². The van der Waals surface area contributed by atoms with E-state index in [-0.39, 0.29) is 25.7 Å². The van der Waals surface area contributed by atoms with Crippen LogP contribution in [-0.4, -0.2) is 60.4 Å². The number of halogens is 3. The number of benzene rings is 3. The predicted octanol–water partition coefficient (Wildman–Crippen LogP) is 4.92. The highest BCUT2D eigenvalue weighted by Crippen LogP contribution is 2.31. The third-order valence-corrected chi connectivity index (χ3v) is 9.27. The third-order valence-electron chi connectivity index (χ3n) is 7.22. The van der Waals surface area contributed by atoms with Gasteiger partial charge in [0.2, 0.25) is 15.9 Å². The Balaban J connectivity index is 1.22. The van der Waals surface area contributed by atoms with E-state index >= 15 is 0 Å². The normalized spacial score (nSPS) is 20.1. The lowest BCUT2D eigenvalue weighted by Gasteiger charge is -2.31. The van der Waals surface area contributed by atoms with Crippen molar-refractivity contribution in [3.05, 3.63) is 95.1 Å². The van der Waals surface area contributed by atoms with Crippen molar-refractivity contribution in [1.29, 1.82) is 0 Å². The number of carboxylic acid groups (broad SMARTS) is 1. The fraction of sp³-hybridized carbons (Fsp3) is 0.333. The van der Waals surface area contributed by atoms with Crippen LogP contribution in [0.1, 0.15) is 35.6 Å². The number of hydrogen-bond donors (Lipinski definition) is 2. The van der Waals surface area contributed by atoms with E-state index < -0.39 is 45.2 Å². The number of fused-ring (bicyclic) bond motifs is 1. The van der Waals surface area contributed by atoms with Gasteiger partial charge in [-0.25, -0.2) is 13.4 Å². The van der Waals surface area contributed by atoms with Crippen molar-refractivity contribution in [2.75, 3.05) is 25.1 Å². The van der Waals surface area contributed by atoms with E-state index in [4.69, 9.17) is 9.47 Å². The van der Waals surface area contributed by atoms with Crippen molar-refractivity contribution in [2.24, 2.45) is 4.99 Å². The monoisotopic (exact) mass is 617 g/mol. The minimum atomic E-state index is -4.43. The number of nitrogens with zero attached hydrogens (tertiary/aromatic N) is 2. The van der Waals surface area contributed by atoms with E-state index in [2.05, 4.69) is 10.3 Å². The highest BCUT2D eigenvalue weighted by atomic mass is 32.2. The number of anilines is 1. The van der Waals surface area contributed by atoms with Gasteiger partial charge in [0.15, 0.2) is 0 Å². The first-order chi connectivity index (χ1) is 20.3. The lowest BCUT2D eigenvalue weighted by molar-refractivity contribution is -0.138. The molecule has 0 aromatic heterocycles. The molecule has 13 heteroatoms. The first kappa shape index (κ1) is 30.4. The molecule has 9 nitrogen and oxygen atoms in total. The molecule has 3 aromatic carbocycles. The summed E-state index contributed by atoms with van der Waals surface area (Å²) in [5.74, 6) is -0.560. The molecule has 0 amide bonds. The maximum Gasteiger partial charge on any atom is 0.416 e. The number of hydrogen-bond acceptors (Lipinski definition) is 7. The molecule has 0 bridgehead atoms. The standard InChI is InChI=1S/C30H30F3N3O6S/c1-29(19-42-28(35-29)22-8-11-23(12-9-22)30(31,32)33)18-41-24-13-6-20(7-14-24)16-36(17-27(37)38)43(39,40)26-15-10-21-4-2-3-5-25(21)34-26/h2-9,11-14,26,34H,10,15-19H2,1H3,(H,37,38). The molecule has 0 spiro atoms. The number of aliphatic imine (C=N–C) groups is 1. The number of carbonyl (C=O) groups is 1. The summed E-state index contributed by atoms with van der Waals surface area (Å²) in [6.07, 6.45) is -3.56. The van der Waals surface area contributed by atoms with Gasteiger partial charge in [-0.2, -0.15) is 17.5 Å². The molecular weight excluding hydrogens is 587 g/mol. The summed E-state index contributed by atoms with van der Waals surface area (Å²) in [7, 11) is -4.01. The van der Waals surface area contributed by atoms with Gasteiger partial charge in [-0.15, -0.1) is 0 Å². The van der Waals surface area contributed by atoms with Crippen molar-refractivity contribution >= 4 is 27.6 Å². The van der Waals surface area contributed by atoms with Gasteiger partial charge in [-0.05, 0) is 73.4 Å². The Morgan fingerprint density at radius 2 is 1.81 bits per heavy atom. The predicted molar refractivity (Wildman–Crippen MR) is 153 cm³/mol.